The van der Waals surface area contributed by atoms with Gasteiger partial charge in [0.25, 0.3) is 0 Å². The van der Waals surface area contributed by atoms with E-state index in [9.17, 15) is 0 Å². The van der Waals surface area contributed by atoms with Crippen LogP contribution in [0.1, 0.15) is 12.8 Å². The van der Waals surface area contributed by atoms with Crippen molar-refractivity contribution in [2.75, 3.05) is 13.7 Å². The van der Waals surface area contributed by atoms with Crippen LogP contribution in [-0.4, -0.2) is 23.3 Å². The highest BCUT2D eigenvalue weighted by Crippen LogP contribution is 2.14. The molecule has 0 fully saturated rings. The maximum Gasteiger partial charge on any atom is 0.178 e. The first kappa shape index (κ1) is 11.4. The van der Waals surface area contributed by atoms with Gasteiger partial charge in [-0.1, -0.05) is 12.1 Å². The summed E-state index contributed by atoms with van der Waals surface area (Å²) in [5.74, 6) is 0. The van der Waals surface area contributed by atoms with Crippen molar-refractivity contribution in [1.82, 2.24) is 9.55 Å². The molecule has 0 bridgehead atoms. The Kier molecular flexibility index (Phi) is 3.74. The maximum absolute atomic E-state index is 5.31. The molecule has 3 nitrogen and oxygen atoms in total. The Bertz CT molecular complexity index is 515. The predicted octanol–water partition coefficient (Wildman–Crippen LogP) is 3.13. The number of aromatic nitrogens is 2. The molecule has 0 unspecified atom stereocenters. The van der Waals surface area contributed by atoms with Gasteiger partial charge < -0.3 is 14.3 Å². The van der Waals surface area contributed by atoms with Gasteiger partial charge in [-0.3, -0.25) is 0 Å². The third-order valence-electron chi connectivity index (χ3n) is 2.66. The SMILES string of the molecule is COCCCCn1c(=S)[nH]c2ccccc21. The van der Waals surface area contributed by atoms with Crippen LogP contribution < -0.4 is 0 Å². The van der Waals surface area contributed by atoms with Crippen molar-refractivity contribution >= 4 is 23.3 Å². The standard InChI is InChI=1S/C12H16N2OS/c1-15-9-5-4-8-14-11-7-3-2-6-10(11)13-12(14)16/h2-3,6-7H,4-5,8-9H2,1H3,(H,13,16). The smallest absolute Gasteiger partial charge is 0.178 e. The Hall–Kier alpha value is -1.13. The van der Waals surface area contributed by atoms with Crippen LogP contribution in [0.3, 0.4) is 0 Å². The molecule has 0 atom stereocenters. The number of imidazole rings is 1. The van der Waals surface area contributed by atoms with E-state index in [-0.39, 0.29) is 0 Å². The lowest BCUT2D eigenvalue weighted by atomic mass is 10.3. The summed E-state index contributed by atoms with van der Waals surface area (Å²) in [6.45, 7) is 1.77. The van der Waals surface area contributed by atoms with Crippen molar-refractivity contribution in [2.45, 2.75) is 19.4 Å². The number of methoxy groups -OCH3 is 1. The average molecular weight is 236 g/mol. The highest BCUT2D eigenvalue weighted by atomic mass is 32.1. The van der Waals surface area contributed by atoms with E-state index in [2.05, 4.69) is 21.7 Å². The third-order valence-corrected chi connectivity index (χ3v) is 2.98. The first-order valence-electron chi connectivity index (χ1n) is 5.49. The molecule has 1 heterocycles. The minimum absolute atomic E-state index is 0.804. The van der Waals surface area contributed by atoms with Gasteiger partial charge in [-0.05, 0) is 37.2 Å². The van der Waals surface area contributed by atoms with E-state index in [1.54, 1.807) is 7.11 Å². The number of unbranched alkanes of at least 4 members (excludes halogenated alkanes) is 1. The molecule has 1 aromatic carbocycles. The molecule has 0 aliphatic rings. The van der Waals surface area contributed by atoms with Crippen molar-refractivity contribution in [2.24, 2.45) is 0 Å². The lowest BCUT2D eigenvalue weighted by Gasteiger charge is -2.03. The number of benzene rings is 1. The number of H-pyrrole nitrogens is 1. The number of hydrogen-bond donors (Lipinski definition) is 1. The summed E-state index contributed by atoms with van der Waals surface area (Å²) in [6, 6.07) is 8.20. The summed E-state index contributed by atoms with van der Waals surface area (Å²) in [5, 5.41) is 0. The van der Waals surface area contributed by atoms with Crippen molar-refractivity contribution in [1.29, 1.82) is 0 Å². The van der Waals surface area contributed by atoms with Crippen LogP contribution in [0.5, 0.6) is 0 Å². The van der Waals surface area contributed by atoms with Crippen LogP contribution in [0.15, 0.2) is 24.3 Å². The molecule has 0 amide bonds. The van der Waals surface area contributed by atoms with Gasteiger partial charge in [0.15, 0.2) is 4.77 Å². The monoisotopic (exact) mass is 236 g/mol. The molecule has 0 radical (unpaired) electrons. The Morgan fingerprint density at radius 1 is 1.31 bits per heavy atom. The molecule has 1 N–H and O–H groups in total. The number of fused-ring (bicyclic) bond motifs is 1. The van der Waals surface area contributed by atoms with Gasteiger partial charge >= 0.3 is 0 Å². The number of rotatable bonds is 5. The Morgan fingerprint density at radius 3 is 2.94 bits per heavy atom. The molecule has 1 aromatic heterocycles. The third kappa shape index (κ3) is 2.33. The molecular weight excluding hydrogens is 220 g/mol. The topological polar surface area (TPSA) is 29.9 Å². The van der Waals surface area contributed by atoms with Crippen LogP contribution in [0.25, 0.3) is 11.0 Å². The minimum atomic E-state index is 0.804. The zero-order valence-corrected chi connectivity index (χ0v) is 10.2. The van der Waals surface area contributed by atoms with E-state index in [0.29, 0.717) is 0 Å². The summed E-state index contributed by atoms with van der Waals surface area (Å²) in [7, 11) is 1.73. The molecular formula is C12H16N2OS. The number of nitrogens with one attached hydrogen (secondary N) is 1. The van der Waals surface area contributed by atoms with Crippen molar-refractivity contribution in [3.63, 3.8) is 0 Å². The fourth-order valence-electron chi connectivity index (χ4n) is 1.85. The first-order valence-corrected chi connectivity index (χ1v) is 5.90. The summed E-state index contributed by atoms with van der Waals surface area (Å²) < 4.78 is 7.99. The van der Waals surface area contributed by atoms with E-state index in [4.69, 9.17) is 17.0 Å². The van der Waals surface area contributed by atoms with Crippen LogP contribution in [0.2, 0.25) is 0 Å². The fourth-order valence-corrected chi connectivity index (χ4v) is 2.14. The van der Waals surface area contributed by atoms with E-state index >= 15 is 0 Å². The average Bonchev–Trinajstić information content (AvgIpc) is 2.61. The predicted molar refractivity (Wildman–Crippen MR) is 68.2 cm³/mol. The molecule has 2 aromatic rings. The number of nitrogens with zero attached hydrogens (tertiary/aromatic N) is 1. The molecule has 0 spiro atoms. The zero-order chi connectivity index (χ0) is 11.4. The number of hydrogen-bond acceptors (Lipinski definition) is 2. The summed E-state index contributed by atoms with van der Waals surface area (Å²) in [4.78, 5) is 3.21. The Balaban J connectivity index is 2.16. The molecule has 16 heavy (non-hydrogen) atoms. The Labute approximate surface area is 100 Å². The van der Waals surface area contributed by atoms with Crippen LogP contribution in [0.4, 0.5) is 0 Å². The number of aromatic amines is 1. The maximum atomic E-state index is 5.31. The molecule has 86 valence electrons. The number of para-hydroxylation sites is 2. The van der Waals surface area contributed by atoms with Crippen LogP contribution in [-0.2, 0) is 11.3 Å². The van der Waals surface area contributed by atoms with E-state index in [0.717, 1.165) is 36.3 Å². The summed E-state index contributed by atoms with van der Waals surface area (Å²) in [6.07, 6.45) is 2.15. The first-order chi connectivity index (χ1) is 7.83. The van der Waals surface area contributed by atoms with E-state index in [1.807, 2.05) is 12.1 Å². The fraction of sp³-hybridized carbons (Fsp3) is 0.417. The number of aryl methyl sites for hydroxylation is 1. The molecule has 0 saturated carbocycles. The minimum Gasteiger partial charge on any atom is -0.385 e. The molecule has 2 rings (SSSR count). The molecule has 0 aliphatic carbocycles. The molecule has 0 aliphatic heterocycles. The lowest BCUT2D eigenvalue weighted by Crippen LogP contribution is -1.99. The molecule has 0 saturated heterocycles. The zero-order valence-electron chi connectivity index (χ0n) is 9.40. The largest absolute Gasteiger partial charge is 0.385 e. The quantitative estimate of drug-likeness (QED) is 0.638. The highest BCUT2D eigenvalue weighted by molar-refractivity contribution is 7.71. The van der Waals surface area contributed by atoms with Gasteiger partial charge in [-0.2, -0.15) is 0 Å². The highest BCUT2D eigenvalue weighted by Gasteiger charge is 2.02. The second kappa shape index (κ2) is 5.27. The normalized spacial score (nSPS) is 11.1. The van der Waals surface area contributed by atoms with Crippen molar-refractivity contribution in [3.8, 4) is 0 Å². The van der Waals surface area contributed by atoms with Gasteiger partial charge in [0, 0.05) is 20.3 Å². The van der Waals surface area contributed by atoms with E-state index in [1.165, 1.54) is 5.52 Å². The van der Waals surface area contributed by atoms with Crippen molar-refractivity contribution in [3.05, 3.63) is 29.0 Å². The van der Waals surface area contributed by atoms with Gasteiger partial charge in [-0.15, -0.1) is 0 Å². The summed E-state index contributed by atoms with van der Waals surface area (Å²) >= 11 is 5.31. The van der Waals surface area contributed by atoms with Crippen LogP contribution >= 0.6 is 12.2 Å². The Morgan fingerprint density at radius 2 is 2.12 bits per heavy atom. The van der Waals surface area contributed by atoms with Gasteiger partial charge in [0.2, 0.25) is 0 Å². The van der Waals surface area contributed by atoms with Crippen molar-refractivity contribution < 1.29 is 4.74 Å². The number of ether oxygens (including phenoxy) is 1. The second-order valence-electron chi connectivity index (χ2n) is 3.80. The lowest BCUT2D eigenvalue weighted by molar-refractivity contribution is 0.191. The van der Waals surface area contributed by atoms with E-state index < -0.39 is 0 Å². The summed E-state index contributed by atoms with van der Waals surface area (Å²) in [5.41, 5.74) is 2.30. The second-order valence-corrected chi connectivity index (χ2v) is 4.19. The van der Waals surface area contributed by atoms with Gasteiger partial charge in [0.05, 0.1) is 11.0 Å². The van der Waals surface area contributed by atoms with Gasteiger partial charge in [-0.25, -0.2) is 0 Å². The van der Waals surface area contributed by atoms with Crippen LogP contribution in [0, 0.1) is 4.77 Å². The van der Waals surface area contributed by atoms with Gasteiger partial charge in [0.1, 0.15) is 0 Å². The molecule has 4 heteroatoms.